The van der Waals surface area contributed by atoms with Gasteiger partial charge in [0.05, 0.1) is 37.7 Å². The molecule has 12 rings (SSSR count). The van der Waals surface area contributed by atoms with Crippen LogP contribution in [-0.4, -0.2) is 104 Å². The zero-order chi connectivity index (χ0) is 60.4. The van der Waals surface area contributed by atoms with Crippen LogP contribution in [0.2, 0.25) is 0 Å². The van der Waals surface area contributed by atoms with E-state index in [1.165, 1.54) is 33.4 Å². The molecule has 2 aliphatic heterocycles. The number of benzene rings is 5. The highest BCUT2D eigenvalue weighted by Crippen LogP contribution is 2.41. The van der Waals surface area contributed by atoms with Gasteiger partial charge in [0.25, 0.3) is 5.16 Å². The standard InChI is InChI=1S/C30H33N5O6S.C27H27N3O2.C9H8N2O/c1-30(2,3)41-29(36)34-16-15-22-17-27(40-19-21-11-7-5-8-12-21)26(39-4)18-24(22)25(34)20-42(37,38)28-31-32-33-35(28)23-13-9-6-10-14-23;1-30-17-21(22-9-6-13-29-27(22)30)10-11-24-23-16-25(31-2)26(15-20(23)12-14-28-24)32-18-19-7-4-3-5-8-19;1-11-5-7(6-12)8-3-2-4-10-9(8)11/h5-14,17-18,25H,15-16,19-20H2,1-4H3;3-11,13,15-17,24,28H,12,14,18H2,1-2H3;2-6H,1H3/b;11-10+;. The second kappa shape index (κ2) is 26.5. The first kappa shape index (κ1) is 59.5. The third kappa shape index (κ3) is 13.8. The fraction of sp³-hybridized carbons (Fsp3) is 0.258. The fourth-order valence-electron chi connectivity index (χ4n) is 10.5. The summed E-state index contributed by atoms with van der Waals surface area (Å²) in [6.45, 7) is 7.32. The number of nitrogens with zero attached hydrogens (tertiary/aromatic N) is 9. The largest absolute Gasteiger partial charge is 0.493 e. The van der Waals surface area contributed by atoms with Gasteiger partial charge in [-0.15, -0.1) is 0 Å². The lowest BCUT2D eigenvalue weighted by Gasteiger charge is -2.38. The molecule has 2 unspecified atom stereocenters. The van der Waals surface area contributed by atoms with Gasteiger partial charge in [0, 0.05) is 73.9 Å². The summed E-state index contributed by atoms with van der Waals surface area (Å²) in [5.41, 5.74) is 9.55. The van der Waals surface area contributed by atoms with Crippen molar-refractivity contribution < 1.29 is 41.7 Å². The lowest BCUT2D eigenvalue weighted by Crippen LogP contribution is -2.45. The van der Waals surface area contributed by atoms with Gasteiger partial charge in [0.15, 0.2) is 29.3 Å². The molecular formula is C66H68N10O9S. The SMILES string of the molecule is COc1cc2c(cc1OCc1ccccc1)CCN(C(=O)OC(C)(C)C)C2CS(=O)(=O)c1nnnn1-c1ccccc1.COc1cc2c(cc1OCc1ccccc1)CCNC2/C=C/c1cn(C)c2ncccc12.Cn1cc(C=O)c2cccnc21. The van der Waals surface area contributed by atoms with Crippen molar-refractivity contribution in [2.75, 3.05) is 33.1 Å². The van der Waals surface area contributed by atoms with Crippen molar-refractivity contribution in [3.8, 4) is 28.7 Å². The second-order valence-electron chi connectivity index (χ2n) is 21.7. The molecule has 0 fully saturated rings. The van der Waals surface area contributed by atoms with E-state index in [2.05, 4.69) is 84.1 Å². The van der Waals surface area contributed by atoms with Crippen LogP contribution in [0.3, 0.4) is 0 Å². The van der Waals surface area contributed by atoms with Crippen LogP contribution in [0.15, 0.2) is 176 Å². The van der Waals surface area contributed by atoms with Crippen molar-refractivity contribution in [1.29, 1.82) is 0 Å². The zero-order valence-electron chi connectivity index (χ0n) is 49.0. The van der Waals surface area contributed by atoms with Gasteiger partial charge >= 0.3 is 6.09 Å². The van der Waals surface area contributed by atoms with Crippen molar-refractivity contribution in [2.45, 2.75) is 69.7 Å². The summed E-state index contributed by atoms with van der Waals surface area (Å²) >= 11 is 0. The number of aryl methyl sites for hydroxylation is 2. The van der Waals surface area contributed by atoms with E-state index in [1.807, 2.05) is 104 Å². The molecule has 0 saturated carbocycles. The van der Waals surface area contributed by atoms with Crippen molar-refractivity contribution in [2.24, 2.45) is 14.1 Å². The predicted octanol–water partition coefficient (Wildman–Crippen LogP) is 11.0. The number of aldehydes is 1. The van der Waals surface area contributed by atoms with Gasteiger partial charge in [-0.05, 0) is 138 Å². The van der Waals surface area contributed by atoms with Crippen LogP contribution in [0.4, 0.5) is 4.79 Å². The summed E-state index contributed by atoms with van der Waals surface area (Å²) in [5.74, 6) is 2.03. The quantitative estimate of drug-likeness (QED) is 0.0947. The number of fused-ring (bicyclic) bond motifs is 4. The van der Waals surface area contributed by atoms with E-state index in [4.69, 9.17) is 23.7 Å². The summed E-state index contributed by atoms with van der Waals surface area (Å²) in [7, 11) is 3.00. The first-order chi connectivity index (χ1) is 41.6. The van der Waals surface area contributed by atoms with E-state index in [0.29, 0.717) is 47.9 Å². The minimum absolute atomic E-state index is 0.114. The normalized spacial score (nSPS) is 14.7. The Morgan fingerprint density at radius 1 is 0.686 bits per heavy atom. The van der Waals surface area contributed by atoms with E-state index in [9.17, 15) is 18.0 Å². The highest BCUT2D eigenvalue weighted by Gasteiger charge is 2.40. The van der Waals surface area contributed by atoms with Crippen LogP contribution in [0.25, 0.3) is 33.8 Å². The monoisotopic (exact) mass is 1180 g/mol. The highest BCUT2D eigenvalue weighted by atomic mass is 32.2. The molecule has 19 nitrogen and oxygen atoms in total. The molecule has 86 heavy (non-hydrogen) atoms. The Hall–Kier alpha value is -9.66. The fourth-order valence-corrected chi connectivity index (χ4v) is 12.0. The Morgan fingerprint density at radius 2 is 1.23 bits per heavy atom. The number of ether oxygens (including phenoxy) is 5. The van der Waals surface area contributed by atoms with Gasteiger partial charge in [-0.2, -0.15) is 4.68 Å². The number of aromatic nitrogens is 8. The molecule has 2 atom stereocenters. The molecule has 0 aliphatic carbocycles. The number of methoxy groups -OCH3 is 2. The Labute approximate surface area is 499 Å². The number of carbonyl (C=O) groups is 2. The Kier molecular flexibility index (Phi) is 18.3. The summed E-state index contributed by atoms with van der Waals surface area (Å²) in [5, 5.41) is 16.8. The third-order valence-electron chi connectivity index (χ3n) is 14.6. The molecule has 5 aromatic carbocycles. The Balaban J connectivity index is 0.000000163. The predicted molar refractivity (Wildman–Crippen MR) is 328 cm³/mol. The van der Waals surface area contributed by atoms with Crippen molar-refractivity contribution in [1.82, 2.24) is 49.5 Å². The maximum Gasteiger partial charge on any atom is 0.410 e. The van der Waals surface area contributed by atoms with Gasteiger partial charge < -0.3 is 38.1 Å². The van der Waals surface area contributed by atoms with E-state index >= 15 is 0 Å². The molecule has 5 aromatic heterocycles. The molecule has 0 radical (unpaired) electrons. The van der Waals surface area contributed by atoms with Crippen LogP contribution in [-0.2, 0) is 54.7 Å². The zero-order valence-corrected chi connectivity index (χ0v) is 49.8. The van der Waals surface area contributed by atoms with Gasteiger partial charge in [-0.25, -0.2) is 23.2 Å². The summed E-state index contributed by atoms with van der Waals surface area (Å²) in [6, 6.07) is 43.6. The molecule has 1 amide bonds. The van der Waals surface area contributed by atoms with Crippen molar-refractivity contribution in [3.05, 3.63) is 215 Å². The number of para-hydroxylation sites is 1. The maximum atomic E-state index is 13.9. The molecule has 0 spiro atoms. The molecule has 2 aliphatic rings. The maximum absolute atomic E-state index is 13.9. The summed E-state index contributed by atoms with van der Waals surface area (Å²) in [4.78, 5) is 34.1. The Morgan fingerprint density at radius 3 is 1.80 bits per heavy atom. The minimum Gasteiger partial charge on any atom is -0.493 e. The van der Waals surface area contributed by atoms with Crippen LogP contribution in [0.1, 0.15) is 82.2 Å². The smallest absolute Gasteiger partial charge is 0.410 e. The van der Waals surface area contributed by atoms with Gasteiger partial charge in [-0.1, -0.05) is 96.1 Å². The van der Waals surface area contributed by atoms with Gasteiger partial charge in [-0.3, -0.25) is 9.69 Å². The molecule has 0 bridgehead atoms. The van der Waals surface area contributed by atoms with E-state index in [-0.39, 0.29) is 17.7 Å². The first-order valence-corrected chi connectivity index (χ1v) is 29.7. The lowest BCUT2D eigenvalue weighted by atomic mass is 9.93. The summed E-state index contributed by atoms with van der Waals surface area (Å²) < 4.78 is 62.1. The van der Waals surface area contributed by atoms with Gasteiger partial charge in [0.2, 0.25) is 9.84 Å². The molecule has 442 valence electrons. The molecule has 0 saturated heterocycles. The molecule has 7 heterocycles. The second-order valence-corrected chi connectivity index (χ2v) is 23.6. The minimum atomic E-state index is -4.12. The molecule has 10 aromatic rings. The van der Waals surface area contributed by atoms with Gasteiger partial charge in [0.1, 0.15) is 30.1 Å². The average molecular weight is 1180 g/mol. The van der Waals surface area contributed by atoms with Crippen LogP contribution in [0, 0.1) is 0 Å². The van der Waals surface area contributed by atoms with Crippen molar-refractivity contribution in [3.63, 3.8) is 0 Å². The van der Waals surface area contributed by atoms with E-state index in [1.54, 1.807) is 70.6 Å². The summed E-state index contributed by atoms with van der Waals surface area (Å²) in [6.07, 6.45) is 13.5. The van der Waals surface area contributed by atoms with Crippen LogP contribution < -0.4 is 24.3 Å². The molecule has 1 N–H and O–H groups in total. The average Bonchev–Trinajstić information content (AvgIpc) is 1.65. The van der Waals surface area contributed by atoms with Crippen LogP contribution in [0.5, 0.6) is 23.0 Å². The molecule has 20 heteroatoms. The lowest BCUT2D eigenvalue weighted by molar-refractivity contribution is 0.0162. The number of amides is 1. The number of tetrazole rings is 1. The third-order valence-corrected chi connectivity index (χ3v) is 16.2. The number of nitrogens with one attached hydrogen (secondary N) is 1. The number of pyridine rings is 2. The first-order valence-electron chi connectivity index (χ1n) is 28.1. The number of rotatable bonds is 15. The highest BCUT2D eigenvalue weighted by molar-refractivity contribution is 7.91. The van der Waals surface area contributed by atoms with Crippen molar-refractivity contribution >= 4 is 50.4 Å². The number of carbonyl (C=O) groups excluding carboxylic acids is 2. The number of sulfone groups is 1. The molecular weight excluding hydrogens is 1110 g/mol. The Bertz CT molecular complexity index is 4130. The topological polar surface area (TPSA) is 209 Å². The van der Waals surface area contributed by atoms with E-state index in [0.717, 1.165) is 69.5 Å². The van der Waals surface area contributed by atoms with Crippen LogP contribution >= 0.6 is 0 Å². The number of hydrogen-bond acceptors (Lipinski definition) is 15. The number of hydrogen-bond donors (Lipinski definition) is 1. The van der Waals surface area contributed by atoms with E-state index < -0.39 is 33.3 Å².